The van der Waals surface area contributed by atoms with Crippen LogP contribution in [0, 0.1) is 0 Å². The van der Waals surface area contributed by atoms with Crippen molar-refractivity contribution in [2.75, 3.05) is 12.3 Å². The van der Waals surface area contributed by atoms with Gasteiger partial charge in [-0.15, -0.1) is 6.58 Å². The third-order valence-electron chi connectivity index (χ3n) is 4.29. The van der Waals surface area contributed by atoms with Gasteiger partial charge in [-0.2, -0.15) is 0 Å². The molecule has 0 saturated carbocycles. The van der Waals surface area contributed by atoms with Crippen molar-refractivity contribution in [2.45, 2.75) is 43.8 Å². The monoisotopic (exact) mass is 336 g/mol. The van der Waals surface area contributed by atoms with Crippen molar-refractivity contribution in [3.63, 3.8) is 0 Å². The first-order valence-corrected chi connectivity index (χ1v) is 7.50. The van der Waals surface area contributed by atoms with Gasteiger partial charge in [0.25, 0.3) is 0 Å². The molecule has 0 bridgehead atoms. The highest BCUT2D eigenvalue weighted by Crippen LogP contribution is 2.41. The standard InChI is InChI=1S/C15H21N5O4/c1-8(2)3-4-15(12(23)11(22)9(5-21)24-15)20-7-19-10-13(16)17-6-18-14(10)20/h6-7,9,11-12,21-23H,1,3-5H2,2H3,(H2,16,17,18)/t9-,11-,12-,15-/m1/s1/i5D/t5?,9-,11-,12-,15-. The fourth-order valence-electron chi connectivity index (χ4n) is 2.99. The average molecular weight is 336 g/mol. The topological polar surface area (TPSA) is 140 Å². The zero-order chi connectivity index (χ0) is 18.4. The number of nitrogens with two attached hydrogens (primary N) is 1. The zero-order valence-corrected chi connectivity index (χ0v) is 13.2. The summed E-state index contributed by atoms with van der Waals surface area (Å²) in [5.41, 5.74) is 5.83. The van der Waals surface area contributed by atoms with E-state index < -0.39 is 30.6 Å². The average Bonchev–Trinajstić information content (AvgIpc) is 3.09. The van der Waals surface area contributed by atoms with Crippen molar-refractivity contribution in [1.82, 2.24) is 19.5 Å². The molecule has 2 aromatic rings. The Morgan fingerprint density at radius 2 is 2.25 bits per heavy atom. The molecule has 3 heterocycles. The lowest BCUT2D eigenvalue weighted by Gasteiger charge is -2.34. The summed E-state index contributed by atoms with van der Waals surface area (Å²) in [6.07, 6.45) is -0.777. The smallest absolute Gasteiger partial charge is 0.176 e. The molecular formula is C15H21N5O4. The van der Waals surface area contributed by atoms with Crippen molar-refractivity contribution in [3.05, 3.63) is 24.8 Å². The van der Waals surface area contributed by atoms with Crippen LogP contribution in [0.4, 0.5) is 5.82 Å². The minimum Gasteiger partial charge on any atom is -0.394 e. The highest BCUT2D eigenvalue weighted by molar-refractivity contribution is 5.81. The minimum atomic E-state index is -1.72. The summed E-state index contributed by atoms with van der Waals surface area (Å²) in [6, 6.07) is 0. The van der Waals surface area contributed by atoms with Crippen molar-refractivity contribution in [1.29, 1.82) is 0 Å². The van der Waals surface area contributed by atoms with E-state index in [9.17, 15) is 15.3 Å². The zero-order valence-electron chi connectivity index (χ0n) is 14.2. The Balaban J connectivity index is 2.15. The van der Waals surface area contributed by atoms with Crippen LogP contribution in [-0.4, -0.2) is 59.7 Å². The minimum absolute atomic E-state index is 0.170. The molecule has 0 aliphatic carbocycles. The van der Waals surface area contributed by atoms with Gasteiger partial charge in [-0.1, -0.05) is 5.57 Å². The second kappa shape index (κ2) is 6.10. The molecular weight excluding hydrogens is 314 g/mol. The molecule has 9 heteroatoms. The number of rotatable bonds is 5. The number of hydrogen-bond donors (Lipinski definition) is 4. The lowest BCUT2D eigenvalue weighted by molar-refractivity contribution is -0.150. The van der Waals surface area contributed by atoms with Gasteiger partial charge in [0, 0.05) is 6.42 Å². The fraction of sp³-hybridized carbons (Fsp3) is 0.533. The van der Waals surface area contributed by atoms with Gasteiger partial charge >= 0.3 is 0 Å². The second-order valence-electron chi connectivity index (χ2n) is 6.01. The summed E-state index contributed by atoms with van der Waals surface area (Å²) in [7, 11) is 0. The Morgan fingerprint density at radius 1 is 1.50 bits per heavy atom. The van der Waals surface area contributed by atoms with Crippen molar-refractivity contribution in [2.24, 2.45) is 0 Å². The van der Waals surface area contributed by atoms with Crippen molar-refractivity contribution in [3.8, 4) is 0 Å². The first-order chi connectivity index (χ1) is 11.8. The summed E-state index contributed by atoms with van der Waals surface area (Å²) in [4.78, 5) is 12.2. The molecule has 0 amide bonds. The van der Waals surface area contributed by atoms with Crippen LogP contribution in [0.3, 0.4) is 0 Å². The molecule has 9 nitrogen and oxygen atoms in total. The number of nitrogens with zero attached hydrogens (tertiary/aromatic N) is 4. The van der Waals surface area contributed by atoms with E-state index in [1.807, 2.05) is 6.92 Å². The van der Waals surface area contributed by atoms with Gasteiger partial charge in [0.2, 0.25) is 0 Å². The lowest BCUT2D eigenvalue weighted by Crippen LogP contribution is -2.45. The van der Waals surface area contributed by atoms with E-state index in [1.54, 1.807) is 0 Å². The predicted octanol–water partition coefficient (Wildman–Crippen LogP) is -0.469. The number of imidazole rings is 1. The van der Waals surface area contributed by atoms with Crippen molar-refractivity contribution < 1.29 is 21.4 Å². The summed E-state index contributed by atoms with van der Waals surface area (Å²) in [6.45, 7) is 3.96. The van der Waals surface area contributed by atoms with E-state index in [4.69, 9.17) is 11.8 Å². The number of ether oxygens (including phenoxy) is 1. The van der Waals surface area contributed by atoms with Crippen LogP contribution in [0.1, 0.15) is 21.1 Å². The third kappa shape index (κ3) is 2.46. The molecule has 5 atom stereocenters. The SMILES string of the molecule is [2H]C(O)[C@H]1O[C@@](CCC(=C)C)(n2cnc3c(N)ncnc32)[C@H](O)[C@@H]1O. The third-order valence-corrected chi connectivity index (χ3v) is 4.29. The van der Waals surface area contributed by atoms with Crippen LogP contribution in [0.25, 0.3) is 11.2 Å². The van der Waals surface area contributed by atoms with E-state index in [2.05, 4.69) is 21.5 Å². The largest absolute Gasteiger partial charge is 0.394 e. The quantitative estimate of drug-likeness (QED) is 0.537. The van der Waals surface area contributed by atoms with Crippen LogP contribution in [0.2, 0.25) is 0 Å². The molecule has 1 aliphatic rings. The number of aliphatic hydroxyl groups excluding tert-OH is 3. The maximum atomic E-state index is 10.7. The van der Waals surface area contributed by atoms with Gasteiger partial charge in [0.15, 0.2) is 17.2 Å². The van der Waals surface area contributed by atoms with E-state index in [1.165, 1.54) is 17.2 Å². The number of aliphatic hydroxyl groups is 3. The maximum Gasteiger partial charge on any atom is 0.176 e. The normalized spacial score (nSPS) is 32.0. The van der Waals surface area contributed by atoms with Crippen LogP contribution in [0.15, 0.2) is 24.8 Å². The number of fused-ring (bicyclic) bond motifs is 1. The summed E-state index contributed by atoms with van der Waals surface area (Å²) >= 11 is 0. The second-order valence-corrected chi connectivity index (χ2v) is 6.01. The van der Waals surface area contributed by atoms with Gasteiger partial charge in [0.1, 0.15) is 30.2 Å². The molecule has 130 valence electrons. The number of anilines is 1. The number of aromatic nitrogens is 4. The fourth-order valence-corrected chi connectivity index (χ4v) is 2.99. The molecule has 2 aromatic heterocycles. The van der Waals surface area contributed by atoms with Crippen LogP contribution >= 0.6 is 0 Å². The lowest BCUT2D eigenvalue weighted by atomic mass is 9.95. The highest BCUT2D eigenvalue weighted by atomic mass is 16.6. The molecule has 5 N–H and O–H groups in total. The number of hydrogen-bond acceptors (Lipinski definition) is 8. The van der Waals surface area contributed by atoms with Gasteiger partial charge in [-0.3, -0.25) is 4.57 Å². The number of allylic oxidation sites excluding steroid dienone is 1. The van der Waals surface area contributed by atoms with Gasteiger partial charge < -0.3 is 25.8 Å². The highest BCUT2D eigenvalue weighted by Gasteiger charge is 2.55. The molecule has 1 aliphatic heterocycles. The molecule has 1 saturated heterocycles. The Morgan fingerprint density at radius 3 is 2.88 bits per heavy atom. The molecule has 0 aromatic carbocycles. The van der Waals surface area contributed by atoms with E-state index in [-0.39, 0.29) is 12.2 Å². The van der Waals surface area contributed by atoms with Crippen LogP contribution < -0.4 is 5.73 Å². The van der Waals surface area contributed by atoms with Gasteiger partial charge in [-0.05, 0) is 13.3 Å². The van der Waals surface area contributed by atoms with Crippen LogP contribution in [0.5, 0.6) is 0 Å². The Kier molecular flexibility index (Phi) is 3.93. The Bertz CT molecular complexity index is 797. The van der Waals surface area contributed by atoms with Gasteiger partial charge in [-0.25, -0.2) is 15.0 Å². The Hall–Kier alpha value is -2.07. The van der Waals surface area contributed by atoms with Gasteiger partial charge in [0.05, 0.1) is 14.3 Å². The molecule has 24 heavy (non-hydrogen) atoms. The van der Waals surface area contributed by atoms with E-state index in [0.717, 1.165) is 5.57 Å². The first-order valence-electron chi connectivity index (χ1n) is 8.08. The maximum absolute atomic E-state index is 10.7. The van der Waals surface area contributed by atoms with E-state index in [0.29, 0.717) is 17.6 Å². The molecule has 1 unspecified atom stereocenters. The van der Waals surface area contributed by atoms with Crippen LogP contribution in [-0.2, 0) is 10.5 Å². The first kappa shape index (κ1) is 15.5. The number of nitrogen functional groups attached to an aromatic ring is 1. The molecule has 1 fully saturated rings. The Labute approximate surface area is 139 Å². The predicted molar refractivity (Wildman–Crippen MR) is 85.7 cm³/mol. The molecule has 0 radical (unpaired) electrons. The summed E-state index contributed by atoms with van der Waals surface area (Å²) in [5, 5.41) is 30.6. The summed E-state index contributed by atoms with van der Waals surface area (Å²) in [5.74, 6) is 0.170. The molecule has 3 rings (SSSR count). The molecule has 0 spiro atoms. The van der Waals surface area contributed by atoms with Crippen molar-refractivity contribution >= 4 is 17.0 Å². The summed E-state index contributed by atoms with van der Waals surface area (Å²) < 4.78 is 14.8. The van der Waals surface area contributed by atoms with E-state index >= 15 is 0 Å².